The van der Waals surface area contributed by atoms with Crippen LogP contribution in [-0.2, 0) is 0 Å². The predicted molar refractivity (Wildman–Crippen MR) is 93.5 cm³/mol. The van der Waals surface area contributed by atoms with Crippen LogP contribution < -0.4 is 15.4 Å². The molecule has 1 amide bonds. The minimum absolute atomic E-state index is 0. The molecule has 1 saturated heterocycles. The second-order valence-corrected chi connectivity index (χ2v) is 5.72. The van der Waals surface area contributed by atoms with Crippen LogP contribution in [0.25, 0.3) is 0 Å². The van der Waals surface area contributed by atoms with Gasteiger partial charge in [0.2, 0.25) is 0 Å². The summed E-state index contributed by atoms with van der Waals surface area (Å²) in [6.45, 7) is 1.76. The van der Waals surface area contributed by atoms with Gasteiger partial charge in [0, 0.05) is 24.2 Å². The number of carbonyl (C=O) groups is 1. The van der Waals surface area contributed by atoms with Crippen molar-refractivity contribution in [3.05, 3.63) is 59.7 Å². The van der Waals surface area contributed by atoms with E-state index in [0.29, 0.717) is 11.3 Å². The average Bonchev–Trinajstić information content (AvgIpc) is 2.59. The van der Waals surface area contributed by atoms with E-state index in [1.54, 1.807) is 24.3 Å². The number of piperidine rings is 1. The normalized spacial score (nSPS) is 16.6. The van der Waals surface area contributed by atoms with Crippen molar-refractivity contribution in [2.45, 2.75) is 18.9 Å². The van der Waals surface area contributed by atoms with Crippen LogP contribution in [0.15, 0.2) is 42.5 Å². The Bertz CT molecular complexity index is 720. The van der Waals surface area contributed by atoms with E-state index in [-0.39, 0.29) is 30.1 Å². The molecule has 2 aromatic carbocycles. The number of carbonyl (C=O) groups excluding carboxylic acids is 1. The molecule has 0 aromatic heterocycles. The number of benzene rings is 2. The number of hydrogen-bond donors (Lipinski definition) is 2. The van der Waals surface area contributed by atoms with Gasteiger partial charge in [-0.05, 0) is 55.8 Å². The summed E-state index contributed by atoms with van der Waals surface area (Å²) in [4.78, 5) is 12.2. The molecule has 1 heterocycles. The van der Waals surface area contributed by atoms with E-state index in [0.717, 1.165) is 38.1 Å². The highest BCUT2D eigenvalue weighted by Crippen LogP contribution is 2.25. The first-order valence-corrected chi connectivity index (χ1v) is 7.86. The van der Waals surface area contributed by atoms with Gasteiger partial charge >= 0.3 is 0 Å². The first-order chi connectivity index (χ1) is 11.6. The number of halogens is 3. The van der Waals surface area contributed by atoms with Crippen molar-refractivity contribution < 1.29 is 18.3 Å². The lowest BCUT2D eigenvalue weighted by atomic mass is 10.1. The van der Waals surface area contributed by atoms with Crippen molar-refractivity contribution in [2.75, 3.05) is 13.1 Å². The van der Waals surface area contributed by atoms with Gasteiger partial charge in [0.15, 0.2) is 11.6 Å². The molecule has 0 spiro atoms. The lowest BCUT2D eigenvalue weighted by Crippen LogP contribution is -2.45. The van der Waals surface area contributed by atoms with Crippen molar-refractivity contribution in [2.24, 2.45) is 0 Å². The Balaban J connectivity index is 0.00000225. The lowest BCUT2D eigenvalue weighted by molar-refractivity contribution is 0.0930. The molecular formula is C18H19ClF2N2O2. The maximum Gasteiger partial charge on any atom is 0.251 e. The standard InChI is InChI=1S/C18H18F2N2O2.ClH/c19-13-5-8-17(16(20)10-13)24-15-6-3-12(4-7-15)18(23)22-14-2-1-9-21-11-14;/h3-8,10,14,21H,1-2,9,11H2,(H,22,23);1H. The highest BCUT2D eigenvalue weighted by Gasteiger charge is 2.16. The van der Waals surface area contributed by atoms with Gasteiger partial charge in [-0.3, -0.25) is 4.79 Å². The zero-order valence-corrected chi connectivity index (χ0v) is 14.2. The van der Waals surface area contributed by atoms with E-state index in [2.05, 4.69) is 10.6 Å². The molecule has 2 aromatic rings. The Kier molecular flexibility index (Phi) is 6.73. The fraction of sp³-hybridized carbons (Fsp3) is 0.278. The maximum absolute atomic E-state index is 13.6. The minimum atomic E-state index is -0.776. The van der Waals surface area contributed by atoms with E-state index in [9.17, 15) is 13.6 Å². The molecule has 4 nitrogen and oxygen atoms in total. The van der Waals surface area contributed by atoms with Crippen LogP contribution >= 0.6 is 12.4 Å². The Morgan fingerprint density at radius 3 is 2.56 bits per heavy atom. The molecule has 0 aliphatic carbocycles. The van der Waals surface area contributed by atoms with Crippen LogP contribution in [0.2, 0.25) is 0 Å². The molecule has 25 heavy (non-hydrogen) atoms. The van der Waals surface area contributed by atoms with Gasteiger partial charge in [-0.15, -0.1) is 12.4 Å². The summed E-state index contributed by atoms with van der Waals surface area (Å²) in [6, 6.07) is 9.63. The highest BCUT2D eigenvalue weighted by atomic mass is 35.5. The second-order valence-electron chi connectivity index (χ2n) is 5.72. The van der Waals surface area contributed by atoms with Gasteiger partial charge in [-0.2, -0.15) is 0 Å². The quantitative estimate of drug-likeness (QED) is 0.866. The van der Waals surface area contributed by atoms with Gasteiger partial charge < -0.3 is 15.4 Å². The minimum Gasteiger partial charge on any atom is -0.454 e. The molecule has 134 valence electrons. The topological polar surface area (TPSA) is 50.4 Å². The van der Waals surface area contributed by atoms with E-state index in [1.807, 2.05) is 0 Å². The zero-order chi connectivity index (χ0) is 16.9. The first-order valence-electron chi connectivity index (χ1n) is 7.86. The summed E-state index contributed by atoms with van der Waals surface area (Å²) >= 11 is 0. The van der Waals surface area contributed by atoms with E-state index < -0.39 is 11.6 Å². The third-order valence-electron chi connectivity index (χ3n) is 3.87. The second kappa shape index (κ2) is 8.78. The van der Waals surface area contributed by atoms with Gasteiger partial charge in [0.25, 0.3) is 5.91 Å². The van der Waals surface area contributed by atoms with Gasteiger partial charge in [0.1, 0.15) is 11.6 Å². The molecule has 7 heteroatoms. The molecule has 1 unspecified atom stereocenters. The molecule has 0 saturated carbocycles. The summed E-state index contributed by atoms with van der Waals surface area (Å²) in [5.74, 6) is -1.29. The molecular weight excluding hydrogens is 350 g/mol. The average molecular weight is 369 g/mol. The van der Waals surface area contributed by atoms with Crippen molar-refractivity contribution in [3.63, 3.8) is 0 Å². The Labute approximate surface area is 151 Å². The number of ether oxygens (including phenoxy) is 1. The van der Waals surface area contributed by atoms with Crippen LogP contribution in [0.1, 0.15) is 23.2 Å². The van der Waals surface area contributed by atoms with E-state index in [4.69, 9.17) is 4.74 Å². The van der Waals surface area contributed by atoms with E-state index in [1.165, 1.54) is 6.07 Å². The van der Waals surface area contributed by atoms with Gasteiger partial charge in [0.05, 0.1) is 0 Å². The SMILES string of the molecule is Cl.O=C(NC1CCCNC1)c1ccc(Oc2ccc(F)cc2F)cc1. The summed E-state index contributed by atoms with van der Waals surface area (Å²) < 4.78 is 31.8. The van der Waals surface area contributed by atoms with Crippen LogP contribution in [-0.4, -0.2) is 25.0 Å². The molecule has 0 bridgehead atoms. The molecule has 1 aliphatic rings. The van der Waals surface area contributed by atoms with Crippen LogP contribution in [0, 0.1) is 11.6 Å². The molecule has 3 rings (SSSR count). The summed E-state index contributed by atoms with van der Waals surface area (Å²) in [5, 5.41) is 6.22. The van der Waals surface area contributed by atoms with Crippen molar-refractivity contribution >= 4 is 18.3 Å². The number of nitrogens with one attached hydrogen (secondary N) is 2. The summed E-state index contributed by atoms with van der Waals surface area (Å²) in [5.41, 5.74) is 0.507. The van der Waals surface area contributed by atoms with E-state index >= 15 is 0 Å². The third kappa shape index (κ3) is 5.14. The van der Waals surface area contributed by atoms with Crippen LogP contribution in [0.4, 0.5) is 8.78 Å². The number of rotatable bonds is 4. The highest BCUT2D eigenvalue weighted by molar-refractivity contribution is 5.94. The van der Waals surface area contributed by atoms with Crippen molar-refractivity contribution in [1.82, 2.24) is 10.6 Å². The smallest absolute Gasteiger partial charge is 0.251 e. The zero-order valence-electron chi connectivity index (χ0n) is 13.4. The fourth-order valence-electron chi connectivity index (χ4n) is 2.60. The fourth-order valence-corrected chi connectivity index (χ4v) is 2.60. The third-order valence-corrected chi connectivity index (χ3v) is 3.87. The molecule has 2 N–H and O–H groups in total. The number of hydrogen-bond acceptors (Lipinski definition) is 3. The Morgan fingerprint density at radius 2 is 1.92 bits per heavy atom. The van der Waals surface area contributed by atoms with Crippen molar-refractivity contribution in [3.8, 4) is 11.5 Å². The Morgan fingerprint density at radius 1 is 1.16 bits per heavy atom. The molecule has 1 fully saturated rings. The first kappa shape index (κ1) is 19.1. The Hall–Kier alpha value is -2.18. The van der Waals surface area contributed by atoms with Crippen LogP contribution in [0.5, 0.6) is 11.5 Å². The lowest BCUT2D eigenvalue weighted by Gasteiger charge is -2.23. The molecule has 1 aliphatic heterocycles. The maximum atomic E-state index is 13.6. The van der Waals surface area contributed by atoms with Gasteiger partial charge in [-0.1, -0.05) is 0 Å². The molecule has 0 radical (unpaired) electrons. The largest absolute Gasteiger partial charge is 0.454 e. The van der Waals surface area contributed by atoms with Gasteiger partial charge in [-0.25, -0.2) is 8.78 Å². The number of amides is 1. The summed E-state index contributed by atoms with van der Waals surface area (Å²) in [6.07, 6.45) is 2.00. The predicted octanol–water partition coefficient (Wildman–Crippen LogP) is 3.66. The van der Waals surface area contributed by atoms with Crippen molar-refractivity contribution in [1.29, 1.82) is 0 Å². The molecule has 1 atom stereocenters. The van der Waals surface area contributed by atoms with Crippen LogP contribution in [0.3, 0.4) is 0 Å². The monoisotopic (exact) mass is 368 g/mol. The summed E-state index contributed by atoms with van der Waals surface area (Å²) in [7, 11) is 0.